The zero-order valence-corrected chi connectivity index (χ0v) is 13.1. The number of aromatic carboxylic acids is 1. The van der Waals surface area contributed by atoms with Crippen LogP contribution < -0.4 is 5.32 Å². The monoisotopic (exact) mass is 317 g/mol. The van der Waals surface area contributed by atoms with Crippen molar-refractivity contribution in [3.63, 3.8) is 0 Å². The second kappa shape index (κ2) is 7.55. The highest BCUT2D eigenvalue weighted by molar-refractivity contribution is 5.92. The molecular formula is C16H19N3O4. The molecule has 7 nitrogen and oxygen atoms in total. The number of benzene rings is 1. The predicted octanol–water partition coefficient (Wildman–Crippen LogP) is 2.24. The highest BCUT2D eigenvalue weighted by Gasteiger charge is 2.14. The Bertz CT molecular complexity index is 709. The standard InChI is InChI=1S/C16H19N3O4/c1-3-7-23-10-15(20)18-12-5-4-6-13(8-12)19-11(2)14(9-17-19)16(21)22/h4-6,8-9H,3,7,10H2,1-2H3,(H,18,20)(H,21,22). The first-order valence-corrected chi connectivity index (χ1v) is 7.29. The number of anilines is 1. The van der Waals surface area contributed by atoms with Gasteiger partial charge in [-0.15, -0.1) is 0 Å². The summed E-state index contributed by atoms with van der Waals surface area (Å²) in [6.45, 7) is 4.19. The lowest BCUT2D eigenvalue weighted by atomic mass is 10.2. The lowest BCUT2D eigenvalue weighted by Gasteiger charge is -2.09. The summed E-state index contributed by atoms with van der Waals surface area (Å²) >= 11 is 0. The van der Waals surface area contributed by atoms with Crippen LogP contribution in [0.1, 0.15) is 29.4 Å². The number of aromatic nitrogens is 2. The molecule has 122 valence electrons. The number of ether oxygens (including phenoxy) is 1. The Balaban J connectivity index is 2.14. The summed E-state index contributed by atoms with van der Waals surface area (Å²) in [4.78, 5) is 22.8. The third-order valence-electron chi connectivity index (χ3n) is 3.20. The summed E-state index contributed by atoms with van der Waals surface area (Å²) < 4.78 is 6.71. The summed E-state index contributed by atoms with van der Waals surface area (Å²) in [5, 5.41) is 15.9. The molecule has 0 unspecified atom stereocenters. The molecule has 1 aromatic carbocycles. The molecule has 1 aromatic heterocycles. The number of carbonyl (C=O) groups excluding carboxylic acids is 1. The fourth-order valence-electron chi connectivity index (χ4n) is 2.10. The van der Waals surface area contributed by atoms with Gasteiger partial charge in [-0.1, -0.05) is 13.0 Å². The van der Waals surface area contributed by atoms with Gasteiger partial charge in [-0.05, 0) is 31.5 Å². The Morgan fingerprint density at radius 2 is 2.17 bits per heavy atom. The van der Waals surface area contributed by atoms with E-state index in [1.807, 2.05) is 6.92 Å². The first-order valence-electron chi connectivity index (χ1n) is 7.29. The molecule has 7 heteroatoms. The van der Waals surface area contributed by atoms with Gasteiger partial charge in [-0.3, -0.25) is 4.79 Å². The van der Waals surface area contributed by atoms with Gasteiger partial charge in [0.05, 0.1) is 17.6 Å². The van der Waals surface area contributed by atoms with E-state index in [4.69, 9.17) is 9.84 Å². The Kier molecular flexibility index (Phi) is 5.48. The molecule has 1 heterocycles. The lowest BCUT2D eigenvalue weighted by Crippen LogP contribution is -2.18. The molecule has 0 bridgehead atoms. The molecule has 0 radical (unpaired) electrons. The van der Waals surface area contributed by atoms with Crippen molar-refractivity contribution in [2.45, 2.75) is 20.3 Å². The van der Waals surface area contributed by atoms with Crippen molar-refractivity contribution < 1.29 is 19.4 Å². The fourth-order valence-corrected chi connectivity index (χ4v) is 2.10. The van der Waals surface area contributed by atoms with E-state index in [2.05, 4.69) is 10.4 Å². The zero-order valence-electron chi connectivity index (χ0n) is 13.1. The number of hydrogen-bond acceptors (Lipinski definition) is 4. The van der Waals surface area contributed by atoms with E-state index < -0.39 is 5.97 Å². The minimum absolute atomic E-state index is 0.00201. The van der Waals surface area contributed by atoms with Gasteiger partial charge < -0.3 is 15.2 Å². The van der Waals surface area contributed by atoms with Crippen LogP contribution in [0, 0.1) is 6.92 Å². The molecule has 0 spiro atoms. The number of nitrogens with zero attached hydrogens (tertiary/aromatic N) is 2. The molecule has 0 fully saturated rings. The molecule has 0 saturated carbocycles. The number of nitrogens with one attached hydrogen (secondary N) is 1. The van der Waals surface area contributed by atoms with Gasteiger partial charge in [0.1, 0.15) is 12.2 Å². The molecule has 0 aliphatic heterocycles. The van der Waals surface area contributed by atoms with Gasteiger partial charge in [0.15, 0.2) is 0 Å². The Morgan fingerprint density at radius 1 is 1.39 bits per heavy atom. The zero-order chi connectivity index (χ0) is 16.8. The van der Waals surface area contributed by atoms with Crippen LogP contribution in [0.25, 0.3) is 5.69 Å². The number of hydrogen-bond donors (Lipinski definition) is 2. The van der Waals surface area contributed by atoms with Crippen LogP contribution in [0.4, 0.5) is 5.69 Å². The van der Waals surface area contributed by atoms with Gasteiger partial charge in [-0.2, -0.15) is 5.10 Å². The Morgan fingerprint density at radius 3 is 2.83 bits per heavy atom. The number of amides is 1. The predicted molar refractivity (Wildman–Crippen MR) is 85.0 cm³/mol. The quantitative estimate of drug-likeness (QED) is 0.764. The molecule has 0 aliphatic rings. The molecule has 2 rings (SSSR count). The maximum Gasteiger partial charge on any atom is 0.339 e. The SMILES string of the molecule is CCCOCC(=O)Nc1cccc(-n2ncc(C(=O)O)c2C)c1. The van der Waals surface area contributed by atoms with E-state index in [0.717, 1.165) is 6.42 Å². The Labute approximate surface area is 133 Å². The normalized spacial score (nSPS) is 10.5. The summed E-state index contributed by atoms with van der Waals surface area (Å²) in [7, 11) is 0. The Hall–Kier alpha value is -2.67. The van der Waals surface area contributed by atoms with E-state index in [-0.39, 0.29) is 18.1 Å². The maximum atomic E-state index is 11.8. The van der Waals surface area contributed by atoms with Crippen LogP contribution in [0.15, 0.2) is 30.5 Å². The average Bonchev–Trinajstić information content (AvgIpc) is 2.89. The molecule has 1 amide bonds. The van der Waals surface area contributed by atoms with Crippen LogP contribution in [-0.4, -0.2) is 40.0 Å². The number of carbonyl (C=O) groups is 2. The molecule has 0 aliphatic carbocycles. The van der Waals surface area contributed by atoms with Gasteiger partial charge in [0, 0.05) is 12.3 Å². The smallest absolute Gasteiger partial charge is 0.339 e. The highest BCUT2D eigenvalue weighted by Crippen LogP contribution is 2.18. The second-order valence-corrected chi connectivity index (χ2v) is 5.01. The van der Waals surface area contributed by atoms with Gasteiger partial charge in [-0.25, -0.2) is 9.48 Å². The van der Waals surface area contributed by atoms with Gasteiger partial charge >= 0.3 is 5.97 Å². The lowest BCUT2D eigenvalue weighted by molar-refractivity contribution is -0.120. The molecular weight excluding hydrogens is 298 g/mol. The van der Waals surface area contributed by atoms with Crippen LogP contribution in [0.5, 0.6) is 0 Å². The summed E-state index contributed by atoms with van der Waals surface area (Å²) in [6, 6.07) is 7.02. The fraction of sp³-hybridized carbons (Fsp3) is 0.312. The molecule has 2 N–H and O–H groups in total. The third kappa shape index (κ3) is 4.17. The maximum absolute atomic E-state index is 11.8. The van der Waals surface area contributed by atoms with Crippen molar-refractivity contribution in [3.05, 3.63) is 41.7 Å². The molecule has 2 aromatic rings. The number of carboxylic acids is 1. The summed E-state index contributed by atoms with van der Waals surface area (Å²) in [5.41, 5.74) is 1.93. The van der Waals surface area contributed by atoms with Crippen LogP contribution in [0.3, 0.4) is 0 Å². The second-order valence-electron chi connectivity index (χ2n) is 5.01. The molecule has 0 saturated heterocycles. The van der Waals surface area contributed by atoms with E-state index in [9.17, 15) is 9.59 Å². The van der Waals surface area contributed by atoms with Gasteiger partial charge in [0.25, 0.3) is 0 Å². The number of carboxylic acid groups (broad SMARTS) is 1. The van der Waals surface area contributed by atoms with Crippen LogP contribution in [0.2, 0.25) is 0 Å². The third-order valence-corrected chi connectivity index (χ3v) is 3.20. The van der Waals surface area contributed by atoms with Crippen molar-refractivity contribution in [3.8, 4) is 5.69 Å². The number of rotatable bonds is 7. The van der Waals surface area contributed by atoms with E-state index in [1.54, 1.807) is 31.2 Å². The first-order chi connectivity index (χ1) is 11.0. The van der Waals surface area contributed by atoms with Crippen molar-refractivity contribution in [2.24, 2.45) is 0 Å². The van der Waals surface area contributed by atoms with Crippen molar-refractivity contribution in [1.29, 1.82) is 0 Å². The first kappa shape index (κ1) is 16.7. The molecule has 0 atom stereocenters. The minimum Gasteiger partial charge on any atom is -0.478 e. The molecule has 23 heavy (non-hydrogen) atoms. The minimum atomic E-state index is -1.02. The van der Waals surface area contributed by atoms with Crippen molar-refractivity contribution in [2.75, 3.05) is 18.5 Å². The van der Waals surface area contributed by atoms with Crippen LogP contribution in [-0.2, 0) is 9.53 Å². The summed E-state index contributed by atoms with van der Waals surface area (Å²) in [5.74, 6) is -1.26. The van der Waals surface area contributed by atoms with Crippen molar-refractivity contribution in [1.82, 2.24) is 9.78 Å². The topological polar surface area (TPSA) is 93.5 Å². The van der Waals surface area contributed by atoms with E-state index >= 15 is 0 Å². The van der Waals surface area contributed by atoms with Crippen LogP contribution >= 0.6 is 0 Å². The van der Waals surface area contributed by atoms with E-state index in [1.165, 1.54) is 10.9 Å². The van der Waals surface area contributed by atoms with Gasteiger partial charge in [0.2, 0.25) is 5.91 Å². The summed E-state index contributed by atoms with van der Waals surface area (Å²) in [6.07, 6.45) is 2.16. The highest BCUT2D eigenvalue weighted by atomic mass is 16.5. The van der Waals surface area contributed by atoms with Crippen molar-refractivity contribution >= 4 is 17.6 Å². The average molecular weight is 317 g/mol. The largest absolute Gasteiger partial charge is 0.478 e. The van der Waals surface area contributed by atoms with E-state index in [0.29, 0.717) is 23.7 Å².